The van der Waals surface area contributed by atoms with Gasteiger partial charge in [0.25, 0.3) is 0 Å². The molecule has 0 aromatic heterocycles. The van der Waals surface area contributed by atoms with Crippen molar-refractivity contribution in [3.05, 3.63) is 0 Å². The van der Waals surface area contributed by atoms with E-state index in [4.69, 9.17) is 4.74 Å². The van der Waals surface area contributed by atoms with Gasteiger partial charge in [-0.05, 0) is 39.2 Å². The number of nitrogens with zero attached hydrogens (tertiary/aromatic N) is 1. The molecule has 2 saturated heterocycles. The number of likely N-dealkylation sites (tertiary alicyclic amines) is 1. The maximum Gasteiger partial charge on any atom is 0.234 e. The third-order valence-electron chi connectivity index (χ3n) is 3.71. The first-order chi connectivity index (χ1) is 8.55. The summed E-state index contributed by atoms with van der Waals surface area (Å²) < 4.78 is 5.26. The molecular weight excluding hydrogens is 232 g/mol. The van der Waals surface area contributed by atoms with Gasteiger partial charge in [-0.25, -0.2) is 0 Å². The molecule has 18 heavy (non-hydrogen) atoms. The zero-order valence-electron chi connectivity index (χ0n) is 11.2. The molecule has 2 aliphatic rings. The minimum Gasteiger partial charge on any atom is -0.389 e. The van der Waals surface area contributed by atoms with Crippen molar-refractivity contribution in [2.24, 2.45) is 0 Å². The van der Waals surface area contributed by atoms with E-state index in [1.54, 1.807) is 0 Å². The number of piperidine rings is 1. The second-order valence-electron chi connectivity index (χ2n) is 5.77. The Morgan fingerprint density at radius 2 is 2.22 bits per heavy atom. The van der Waals surface area contributed by atoms with E-state index in [1.807, 2.05) is 11.8 Å². The lowest BCUT2D eigenvalue weighted by Crippen LogP contribution is -2.50. The molecule has 5 heteroatoms. The Balaban J connectivity index is 1.73. The smallest absolute Gasteiger partial charge is 0.234 e. The summed E-state index contributed by atoms with van der Waals surface area (Å²) in [6.45, 7) is 5.21. The van der Waals surface area contributed by atoms with Crippen LogP contribution in [0.15, 0.2) is 0 Å². The molecule has 2 aliphatic heterocycles. The Kier molecular flexibility index (Phi) is 4.59. The first kappa shape index (κ1) is 13.8. The summed E-state index contributed by atoms with van der Waals surface area (Å²) in [5.74, 6) is 0.0691. The van der Waals surface area contributed by atoms with Crippen molar-refractivity contribution in [3.8, 4) is 0 Å². The quantitative estimate of drug-likeness (QED) is 0.753. The van der Waals surface area contributed by atoms with E-state index in [0.29, 0.717) is 13.1 Å². The van der Waals surface area contributed by atoms with Crippen molar-refractivity contribution >= 4 is 5.91 Å². The van der Waals surface area contributed by atoms with Crippen LogP contribution in [-0.2, 0) is 9.53 Å². The fourth-order valence-electron chi connectivity index (χ4n) is 2.78. The third-order valence-corrected chi connectivity index (χ3v) is 3.71. The van der Waals surface area contributed by atoms with Gasteiger partial charge in [-0.2, -0.15) is 0 Å². The monoisotopic (exact) mass is 256 g/mol. The molecule has 2 rings (SSSR count). The summed E-state index contributed by atoms with van der Waals surface area (Å²) in [6.07, 6.45) is 3.59. The highest BCUT2D eigenvalue weighted by atomic mass is 16.5. The van der Waals surface area contributed by atoms with Crippen LogP contribution in [0.4, 0.5) is 0 Å². The highest BCUT2D eigenvalue weighted by molar-refractivity contribution is 5.78. The number of aliphatic hydroxyl groups is 1. The lowest BCUT2D eigenvalue weighted by atomic mass is 9.95. The van der Waals surface area contributed by atoms with Gasteiger partial charge in [0, 0.05) is 25.8 Å². The topological polar surface area (TPSA) is 61.8 Å². The fourth-order valence-corrected chi connectivity index (χ4v) is 2.78. The lowest BCUT2D eigenvalue weighted by Gasteiger charge is -2.36. The molecule has 0 aromatic carbocycles. The van der Waals surface area contributed by atoms with Crippen molar-refractivity contribution in [2.75, 3.05) is 32.8 Å². The molecule has 0 radical (unpaired) electrons. The molecule has 0 aromatic rings. The summed E-state index contributed by atoms with van der Waals surface area (Å²) >= 11 is 0. The normalized spacial score (nSPS) is 31.2. The van der Waals surface area contributed by atoms with Gasteiger partial charge in [-0.3, -0.25) is 9.69 Å². The first-order valence-corrected chi connectivity index (χ1v) is 6.87. The van der Waals surface area contributed by atoms with Crippen LogP contribution in [0.3, 0.4) is 0 Å². The van der Waals surface area contributed by atoms with Crippen LogP contribution in [0.1, 0.15) is 32.6 Å². The van der Waals surface area contributed by atoms with E-state index >= 15 is 0 Å². The molecule has 104 valence electrons. The molecule has 2 heterocycles. The molecule has 1 atom stereocenters. The predicted octanol–water partition coefficient (Wildman–Crippen LogP) is 0.128. The zero-order valence-corrected chi connectivity index (χ0v) is 11.2. The van der Waals surface area contributed by atoms with E-state index in [0.717, 1.165) is 45.4 Å². The van der Waals surface area contributed by atoms with Gasteiger partial charge < -0.3 is 15.2 Å². The van der Waals surface area contributed by atoms with Crippen LogP contribution >= 0.6 is 0 Å². The van der Waals surface area contributed by atoms with Gasteiger partial charge in [-0.15, -0.1) is 0 Å². The Labute approximate surface area is 108 Å². The summed E-state index contributed by atoms with van der Waals surface area (Å²) in [5, 5.41) is 13.0. The Morgan fingerprint density at radius 3 is 2.89 bits per heavy atom. The molecule has 0 saturated carbocycles. The van der Waals surface area contributed by atoms with Crippen LogP contribution < -0.4 is 5.32 Å². The standard InChI is InChI=1S/C13H24N2O3/c1-13(17)5-2-6-15(10-13)9-12(16)14-11-3-7-18-8-4-11/h11,17H,2-10H2,1H3,(H,14,16). The Morgan fingerprint density at radius 1 is 1.50 bits per heavy atom. The first-order valence-electron chi connectivity index (χ1n) is 6.87. The van der Waals surface area contributed by atoms with Gasteiger partial charge in [-0.1, -0.05) is 0 Å². The number of β-amino-alcohol motifs (C(OH)–C–C–N with tert-alkyl or cyclic N) is 1. The van der Waals surface area contributed by atoms with Gasteiger partial charge in [0.05, 0.1) is 12.1 Å². The Bertz CT molecular complexity index is 288. The lowest BCUT2D eigenvalue weighted by molar-refractivity contribution is -0.125. The minimum absolute atomic E-state index is 0.0691. The van der Waals surface area contributed by atoms with Crippen LogP contribution in [-0.4, -0.2) is 60.4 Å². The van der Waals surface area contributed by atoms with Crippen molar-refractivity contribution < 1.29 is 14.6 Å². The van der Waals surface area contributed by atoms with Gasteiger partial charge >= 0.3 is 0 Å². The Hall–Kier alpha value is -0.650. The summed E-state index contributed by atoms with van der Waals surface area (Å²) in [5.41, 5.74) is -0.642. The molecule has 1 unspecified atom stereocenters. The zero-order chi connectivity index (χ0) is 13.0. The molecule has 0 bridgehead atoms. The van der Waals surface area contributed by atoms with Gasteiger partial charge in [0.2, 0.25) is 5.91 Å². The van der Waals surface area contributed by atoms with Gasteiger partial charge in [0.15, 0.2) is 0 Å². The number of hydrogen-bond donors (Lipinski definition) is 2. The SMILES string of the molecule is CC1(O)CCCN(CC(=O)NC2CCOCC2)C1. The van der Waals surface area contributed by atoms with Crippen molar-refractivity contribution in [1.29, 1.82) is 0 Å². The largest absolute Gasteiger partial charge is 0.389 e. The maximum absolute atomic E-state index is 11.9. The molecule has 0 spiro atoms. The maximum atomic E-state index is 11.9. The second kappa shape index (κ2) is 5.99. The van der Waals surface area contributed by atoms with Crippen LogP contribution in [0, 0.1) is 0 Å². The minimum atomic E-state index is -0.642. The number of hydrogen-bond acceptors (Lipinski definition) is 4. The molecule has 5 nitrogen and oxygen atoms in total. The van der Waals surface area contributed by atoms with Crippen LogP contribution in [0.5, 0.6) is 0 Å². The van der Waals surface area contributed by atoms with Crippen molar-refractivity contribution in [1.82, 2.24) is 10.2 Å². The van der Waals surface area contributed by atoms with E-state index < -0.39 is 5.60 Å². The molecule has 2 fully saturated rings. The summed E-state index contributed by atoms with van der Waals surface area (Å²) in [7, 11) is 0. The highest BCUT2D eigenvalue weighted by Crippen LogP contribution is 2.19. The van der Waals surface area contributed by atoms with Crippen LogP contribution in [0.25, 0.3) is 0 Å². The molecule has 0 aliphatic carbocycles. The molecular formula is C13H24N2O3. The van der Waals surface area contributed by atoms with E-state index in [1.165, 1.54) is 0 Å². The average molecular weight is 256 g/mol. The number of ether oxygens (including phenoxy) is 1. The third kappa shape index (κ3) is 4.23. The van der Waals surface area contributed by atoms with E-state index in [-0.39, 0.29) is 11.9 Å². The molecule has 1 amide bonds. The van der Waals surface area contributed by atoms with Crippen molar-refractivity contribution in [2.45, 2.75) is 44.2 Å². The molecule has 2 N–H and O–H groups in total. The number of rotatable bonds is 3. The van der Waals surface area contributed by atoms with Crippen molar-refractivity contribution in [3.63, 3.8) is 0 Å². The van der Waals surface area contributed by atoms with E-state index in [2.05, 4.69) is 5.32 Å². The number of amides is 1. The number of carbonyl (C=O) groups is 1. The average Bonchev–Trinajstić information content (AvgIpc) is 2.28. The van der Waals surface area contributed by atoms with Gasteiger partial charge in [0.1, 0.15) is 0 Å². The fraction of sp³-hybridized carbons (Fsp3) is 0.923. The summed E-state index contributed by atoms with van der Waals surface area (Å²) in [4.78, 5) is 14.0. The predicted molar refractivity (Wildman–Crippen MR) is 68.3 cm³/mol. The second-order valence-corrected chi connectivity index (χ2v) is 5.77. The van der Waals surface area contributed by atoms with E-state index in [9.17, 15) is 9.90 Å². The summed E-state index contributed by atoms with van der Waals surface area (Å²) in [6, 6.07) is 0.261. The van der Waals surface area contributed by atoms with Crippen LogP contribution in [0.2, 0.25) is 0 Å². The number of nitrogens with one attached hydrogen (secondary N) is 1. The number of carbonyl (C=O) groups excluding carboxylic acids is 1. The highest BCUT2D eigenvalue weighted by Gasteiger charge is 2.29.